The maximum atomic E-state index is 8.46. The van der Waals surface area contributed by atoms with Crippen LogP contribution in [0.2, 0.25) is 0 Å². The zero-order valence-corrected chi connectivity index (χ0v) is 12.8. The van der Waals surface area contributed by atoms with Crippen LogP contribution in [0.4, 0.5) is 0 Å². The predicted molar refractivity (Wildman–Crippen MR) is 84.0 cm³/mol. The molecule has 1 fully saturated rings. The summed E-state index contributed by atoms with van der Waals surface area (Å²) in [5, 5.41) is 12.0. The van der Waals surface area contributed by atoms with Crippen LogP contribution in [0.5, 0.6) is 5.75 Å². The number of rotatable bonds is 7. The molecule has 0 heterocycles. The first-order chi connectivity index (χ1) is 9.78. The zero-order chi connectivity index (χ0) is 14.3. The Morgan fingerprint density at radius 3 is 2.60 bits per heavy atom. The van der Waals surface area contributed by atoms with Crippen molar-refractivity contribution in [1.82, 2.24) is 5.32 Å². The number of hydrogen-bond acceptors (Lipinski definition) is 4. The molecule has 0 saturated heterocycles. The van der Waals surface area contributed by atoms with Crippen LogP contribution in [0.3, 0.4) is 0 Å². The highest BCUT2D eigenvalue weighted by molar-refractivity contribution is 8.00. The number of ether oxygens (including phenoxy) is 1. The molecular formula is C16H22N2OS. The van der Waals surface area contributed by atoms with E-state index in [1.807, 2.05) is 30.0 Å². The highest BCUT2D eigenvalue weighted by atomic mass is 32.2. The Morgan fingerprint density at radius 1 is 1.30 bits per heavy atom. The van der Waals surface area contributed by atoms with E-state index < -0.39 is 0 Å². The van der Waals surface area contributed by atoms with Crippen molar-refractivity contribution in [2.24, 2.45) is 0 Å². The monoisotopic (exact) mass is 290 g/mol. The lowest BCUT2D eigenvalue weighted by molar-refractivity contribution is 0.368. The average molecular weight is 290 g/mol. The third-order valence-electron chi connectivity index (χ3n) is 3.95. The average Bonchev–Trinajstić information content (AvgIpc) is 2.96. The Bertz CT molecular complexity index is 447. The van der Waals surface area contributed by atoms with Crippen molar-refractivity contribution in [2.75, 3.05) is 19.4 Å². The molecule has 0 aliphatic heterocycles. The highest BCUT2D eigenvalue weighted by Gasteiger charge is 2.32. The molecule has 0 amide bonds. The Hall–Kier alpha value is -1.18. The third-order valence-corrected chi connectivity index (χ3v) is 5.37. The summed E-state index contributed by atoms with van der Waals surface area (Å²) in [6.07, 6.45) is 7.64. The lowest BCUT2D eigenvalue weighted by atomic mass is 10.1. The van der Waals surface area contributed by atoms with Crippen LogP contribution in [0.1, 0.15) is 31.2 Å². The molecule has 0 radical (unpaired) electrons. The van der Waals surface area contributed by atoms with Gasteiger partial charge in [0.15, 0.2) is 6.61 Å². The minimum absolute atomic E-state index is 0.105. The number of nitrogens with one attached hydrogen (secondary N) is 1. The van der Waals surface area contributed by atoms with E-state index in [0.717, 1.165) is 18.8 Å². The van der Waals surface area contributed by atoms with Crippen LogP contribution in [0.15, 0.2) is 24.3 Å². The molecule has 0 aromatic heterocycles. The standard InChI is InChI=1S/C16H22N2OS/c1-20-16(8-2-3-9-16)13-18-12-14-4-6-15(7-5-14)19-11-10-17/h4-7,18H,2-3,8-9,11-13H2,1H3. The topological polar surface area (TPSA) is 45.0 Å². The third kappa shape index (κ3) is 4.16. The summed E-state index contributed by atoms with van der Waals surface area (Å²) in [6.45, 7) is 2.08. The van der Waals surface area contributed by atoms with Crippen molar-refractivity contribution < 1.29 is 4.74 Å². The fourth-order valence-corrected chi connectivity index (χ4v) is 3.67. The molecule has 20 heavy (non-hydrogen) atoms. The minimum atomic E-state index is 0.105. The molecule has 1 aliphatic rings. The summed E-state index contributed by atoms with van der Waals surface area (Å²) in [5.41, 5.74) is 1.25. The second-order valence-corrected chi connectivity index (χ2v) is 6.56. The number of nitrogens with zero attached hydrogens (tertiary/aromatic N) is 1. The van der Waals surface area contributed by atoms with Gasteiger partial charge < -0.3 is 10.1 Å². The second kappa shape index (κ2) is 7.56. The zero-order valence-electron chi connectivity index (χ0n) is 12.0. The minimum Gasteiger partial charge on any atom is -0.479 e. The van der Waals surface area contributed by atoms with E-state index in [9.17, 15) is 0 Å². The predicted octanol–water partition coefficient (Wildman–Crippen LogP) is 3.35. The molecule has 108 valence electrons. The molecule has 1 aromatic rings. The maximum absolute atomic E-state index is 8.46. The molecular weight excluding hydrogens is 268 g/mol. The van der Waals surface area contributed by atoms with E-state index in [1.54, 1.807) is 0 Å². The molecule has 2 rings (SSSR count). The Kier molecular flexibility index (Phi) is 5.75. The number of hydrogen-bond donors (Lipinski definition) is 1. The molecule has 4 heteroatoms. The van der Waals surface area contributed by atoms with E-state index in [-0.39, 0.29) is 6.61 Å². The SMILES string of the molecule is CSC1(CNCc2ccc(OCC#N)cc2)CCCC1. The smallest absolute Gasteiger partial charge is 0.174 e. The van der Waals surface area contributed by atoms with Crippen molar-refractivity contribution in [3.05, 3.63) is 29.8 Å². The summed E-state index contributed by atoms with van der Waals surface area (Å²) in [5.74, 6) is 0.756. The first-order valence-corrected chi connectivity index (χ1v) is 8.35. The van der Waals surface area contributed by atoms with E-state index >= 15 is 0 Å². The summed E-state index contributed by atoms with van der Waals surface area (Å²) in [6, 6.07) is 9.93. The van der Waals surface area contributed by atoms with Gasteiger partial charge in [0.1, 0.15) is 11.8 Å². The van der Waals surface area contributed by atoms with Gasteiger partial charge in [0.05, 0.1) is 0 Å². The van der Waals surface area contributed by atoms with Gasteiger partial charge in [-0.1, -0.05) is 25.0 Å². The lowest BCUT2D eigenvalue weighted by Gasteiger charge is -2.27. The van der Waals surface area contributed by atoms with Crippen molar-refractivity contribution in [3.63, 3.8) is 0 Å². The molecule has 0 unspecified atom stereocenters. The van der Waals surface area contributed by atoms with Crippen LogP contribution in [0.25, 0.3) is 0 Å². The molecule has 1 aliphatic carbocycles. The van der Waals surface area contributed by atoms with Crippen LogP contribution in [-0.4, -0.2) is 24.2 Å². The van der Waals surface area contributed by atoms with Gasteiger partial charge in [0, 0.05) is 17.8 Å². The van der Waals surface area contributed by atoms with Crippen LogP contribution in [0, 0.1) is 11.3 Å². The summed E-state index contributed by atoms with van der Waals surface area (Å²) in [4.78, 5) is 0. The number of benzene rings is 1. The molecule has 1 saturated carbocycles. The van der Waals surface area contributed by atoms with E-state index in [0.29, 0.717) is 4.75 Å². The maximum Gasteiger partial charge on any atom is 0.174 e. The molecule has 3 nitrogen and oxygen atoms in total. The van der Waals surface area contributed by atoms with Crippen molar-refractivity contribution in [3.8, 4) is 11.8 Å². The fraction of sp³-hybridized carbons (Fsp3) is 0.562. The molecule has 1 aromatic carbocycles. The van der Waals surface area contributed by atoms with Crippen molar-refractivity contribution in [1.29, 1.82) is 5.26 Å². The first-order valence-electron chi connectivity index (χ1n) is 7.13. The van der Waals surface area contributed by atoms with Gasteiger partial charge in [0.2, 0.25) is 0 Å². The summed E-state index contributed by atoms with van der Waals surface area (Å²) in [7, 11) is 0. The highest BCUT2D eigenvalue weighted by Crippen LogP contribution is 2.39. The van der Waals surface area contributed by atoms with Gasteiger partial charge in [-0.15, -0.1) is 0 Å². The first kappa shape index (κ1) is 15.2. The summed E-state index contributed by atoms with van der Waals surface area (Å²) >= 11 is 2.01. The van der Waals surface area contributed by atoms with Crippen molar-refractivity contribution >= 4 is 11.8 Å². The fourth-order valence-electron chi connectivity index (χ4n) is 2.73. The van der Waals surface area contributed by atoms with E-state index in [1.165, 1.54) is 31.2 Å². The van der Waals surface area contributed by atoms with Gasteiger partial charge in [-0.25, -0.2) is 0 Å². The van der Waals surface area contributed by atoms with Crippen LogP contribution >= 0.6 is 11.8 Å². The second-order valence-electron chi connectivity index (χ2n) is 5.29. The van der Waals surface area contributed by atoms with Gasteiger partial charge in [-0.3, -0.25) is 0 Å². The largest absolute Gasteiger partial charge is 0.479 e. The summed E-state index contributed by atoms with van der Waals surface area (Å²) < 4.78 is 5.70. The van der Waals surface area contributed by atoms with E-state index in [2.05, 4.69) is 23.7 Å². The van der Waals surface area contributed by atoms with Crippen molar-refractivity contribution in [2.45, 2.75) is 37.0 Å². The Balaban J connectivity index is 1.78. The molecule has 0 atom stereocenters. The van der Waals surface area contributed by atoms with Crippen LogP contribution < -0.4 is 10.1 Å². The van der Waals surface area contributed by atoms with E-state index in [4.69, 9.17) is 10.00 Å². The number of thioether (sulfide) groups is 1. The van der Waals surface area contributed by atoms with Gasteiger partial charge >= 0.3 is 0 Å². The number of nitriles is 1. The normalized spacial score (nSPS) is 16.8. The van der Waals surface area contributed by atoms with Gasteiger partial charge in [0.25, 0.3) is 0 Å². The van der Waals surface area contributed by atoms with Gasteiger partial charge in [-0.05, 0) is 36.8 Å². The van der Waals surface area contributed by atoms with Gasteiger partial charge in [-0.2, -0.15) is 17.0 Å². The molecule has 0 bridgehead atoms. The Labute approximate surface area is 125 Å². The Morgan fingerprint density at radius 2 is 2.00 bits per heavy atom. The van der Waals surface area contributed by atoms with Crippen LogP contribution in [-0.2, 0) is 6.54 Å². The molecule has 0 spiro atoms. The quantitative estimate of drug-likeness (QED) is 0.836. The lowest BCUT2D eigenvalue weighted by Crippen LogP contribution is -2.34. The molecule has 1 N–H and O–H groups in total.